The predicted octanol–water partition coefficient (Wildman–Crippen LogP) is 0.507. The van der Waals surface area contributed by atoms with Crippen molar-refractivity contribution in [2.24, 2.45) is 22.7 Å². The molecule has 0 N–H and O–H groups in total. The van der Waals surface area contributed by atoms with Crippen LogP contribution in [0.25, 0.3) is 0 Å². The molecule has 140 valence electrons. The molecule has 26 heavy (non-hydrogen) atoms. The first-order valence-corrected chi connectivity index (χ1v) is 9.11. The standard InChI is InChI=1S/2C9H10O4/c2*1-9-5-3-2-4(12-5)6(9)7(10)13-8(9)11/h2*4-6H,2-3H2,1H3. The highest BCUT2D eigenvalue weighted by Crippen LogP contribution is 2.56. The Morgan fingerprint density at radius 2 is 1.08 bits per heavy atom. The molecule has 8 nitrogen and oxygen atoms in total. The first-order valence-electron chi connectivity index (χ1n) is 9.11. The van der Waals surface area contributed by atoms with Crippen molar-refractivity contribution in [3.8, 4) is 0 Å². The highest BCUT2D eigenvalue weighted by atomic mass is 16.6. The third-order valence-electron chi connectivity index (χ3n) is 7.25. The van der Waals surface area contributed by atoms with Crippen LogP contribution in [0.2, 0.25) is 0 Å². The van der Waals surface area contributed by atoms with Gasteiger partial charge >= 0.3 is 23.9 Å². The van der Waals surface area contributed by atoms with Crippen molar-refractivity contribution in [1.82, 2.24) is 0 Å². The molecule has 4 bridgehead atoms. The number of carbonyl (C=O) groups is 4. The van der Waals surface area contributed by atoms with Gasteiger partial charge in [0.2, 0.25) is 0 Å². The third-order valence-corrected chi connectivity index (χ3v) is 7.25. The summed E-state index contributed by atoms with van der Waals surface area (Å²) in [6.07, 6.45) is 3.17. The monoisotopic (exact) mass is 364 g/mol. The van der Waals surface area contributed by atoms with E-state index in [0.717, 1.165) is 25.7 Å². The van der Waals surface area contributed by atoms with Crippen LogP contribution in [0, 0.1) is 22.7 Å². The summed E-state index contributed by atoms with van der Waals surface area (Å²) in [6.45, 7) is 3.57. The molecule has 0 saturated carbocycles. The lowest BCUT2D eigenvalue weighted by Gasteiger charge is -2.25. The number of cyclic esters (lactones) is 4. The van der Waals surface area contributed by atoms with Crippen molar-refractivity contribution < 1.29 is 38.1 Å². The zero-order valence-corrected chi connectivity index (χ0v) is 14.6. The molecular weight excluding hydrogens is 344 g/mol. The number of rotatable bonds is 0. The Hall–Kier alpha value is -1.80. The number of ether oxygens (including phenoxy) is 4. The summed E-state index contributed by atoms with van der Waals surface area (Å²) in [6, 6.07) is 0. The lowest BCUT2D eigenvalue weighted by Crippen LogP contribution is -2.40. The maximum Gasteiger partial charge on any atom is 0.323 e. The zero-order valence-electron chi connectivity index (χ0n) is 14.6. The molecule has 0 spiro atoms. The lowest BCUT2D eigenvalue weighted by atomic mass is 9.69. The summed E-state index contributed by atoms with van der Waals surface area (Å²) in [5, 5.41) is 0. The SMILES string of the molecule is CC12C(=O)OC(=O)C1C1CCC2O1.CC12C(=O)OC(=O)C1C1CCC2O1. The van der Waals surface area contributed by atoms with Gasteiger partial charge in [0.15, 0.2) is 0 Å². The van der Waals surface area contributed by atoms with Crippen LogP contribution in [-0.2, 0) is 38.1 Å². The lowest BCUT2D eigenvalue weighted by molar-refractivity contribution is -0.160. The second-order valence-corrected chi connectivity index (χ2v) is 8.42. The first-order chi connectivity index (χ1) is 12.3. The molecule has 0 aliphatic carbocycles. The van der Waals surface area contributed by atoms with Crippen LogP contribution in [0.5, 0.6) is 0 Å². The maximum absolute atomic E-state index is 11.5. The zero-order chi connectivity index (χ0) is 18.4. The van der Waals surface area contributed by atoms with E-state index in [0.29, 0.717) is 0 Å². The molecule has 0 radical (unpaired) electrons. The van der Waals surface area contributed by atoms with Gasteiger partial charge in [-0.15, -0.1) is 0 Å². The fourth-order valence-electron chi connectivity index (χ4n) is 5.71. The van der Waals surface area contributed by atoms with E-state index in [2.05, 4.69) is 9.47 Å². The fourth-order valence-corrected chi connectivity index (χ4v) is 5.71. The van der Waals surface area contributed by atoms with Crippen LogP contribution >= 0.6 is 0 Å². The van der Waals surface area contributed by atoms with E-state index >= 15 is 0 Å². The number of fused-ring (bicyclic) bond motifs is 10. The summed E-state index contributed by atoms with van der Waals surface area (Å²) < 4.78 is 20.4. The molecule has 6 aliphatic heterocycles. The molecule has 0 aromatic carbocycles. The van der Waals surface area contributed by atoms with Gasteiger partial charge in [-0.05, 0) is 39.5 Å². The number of hydrogen-bond acceptors (Lipinski definition) is 8. The molecule has 8 heteroatoms. The van der Waals surface area contributed by atoms with Crippen LogP contribution in [0.15, 0.2) is 0 Å². The van der Waals surface area contributed by atoms with E-state index in [4.69, 9.17) is 9.47 Å². The van der Waals surface area contributed by atoms with Gasteiger partial charge in [-0.2, -0.15) is 0 Å². The van der Waals surface area contributed by atoms with Gasteiger partial charge in [0.25, 0.3) is 0 Å². The average Bonchev–Trinajstić information content (AvgIpc) is 3.36. The van der Waals surface area contributed by atoms with E-state index in [9.17, 15) is 19.2 Å². The van der Waals surface area contributed by atoms with Gasteiger partial charge in [-0.1, -0.05) is 0 Å². The second kappa shape index (κ2) is 4.92. The fraction of sp³-hybridized carbons (Fsp3) is 0.778. The smallest absolute Gasteiger partial charge is 0.323 e. The van der Waals surface area contributed by atoms with Crippen molar-refractivity contribution in [2.45, 2.75) is 63.9 Å². The number of esters is 4. The molecule has 6 aliphatic rings. The molecule has 6 heterocycles. The Labute approximate surface area is 149 Å². The largest absolute Gasteiger partial charge is 0.392 e. The molecule has 6 fully saturated rings. The second-order valence-electron chi connectivity index (χ2n) is 8.42. The van der Waals surface area contributed by atoms with Gasteiger partial charge in [-0.3, -0.25) is 19.2 Å². The highest BCUT2D eigenvalue weighted by molar-refractivity contribution is 6.01. The molecule has 6 rings (SSSR count). The van der Waals surface area contributed by atoms with Crippen molar-refractivity contribution in [1.29, 1.82) is 0 Å². The van der Waals surface area contributed by atoms with Gasteiger partial charge < -0.3 is 18.9 Å². The Kier molecular flexibility index (Phi) is 3.10. The summed E-state index contributed by atoms with van der Waals surface area (Å²) in [4.78, 5) is 45.6. The van der Waals surface area contributed by atoms with Crippen LogP contribution in [0.1, 0.15) is 39.5 Å². The first kappa shape index (κ1) is 16.4. The predicted molar refractivity (Wildman–Crippen MR) is 81.2 cm³/mol. The van der Waals surface area contributed by atoms with Crippen molar-refractivity contribution in [2.75, 3.05) is 0 Å². The minimum atomic E-state index is -0.681. The van der Waals surface area contributed by atoms with Crippen molar-refractivity contribution >= 4 is 23.9 Å². The summed E-state index contributed by atoms with van der Waals surface area (Å²) in [5.41, 5.74) is -1.36. The Bertz CT molecular complexity index is 683. The molecule has 0 aromatic rings. The molecular formula is C18H20O8. The Morgan fingerprint density at radius 1 is 0.692 bits per heavy atom. The van der Waals surface area contributed by atoms with E-state index in [1.165, 1.54) is 0 Å². The molecule has 0 amide bonds. The quantitative estimate of drug-likeness (QED) is 0.452. The molecule has 8 atom stereocenters. The molecule has 0 aromatic heterocycles. The summed E-state index contributed by atoms with van der Waals surface area (Å²) >= 11 is 0. The van der Waals surface area contributed by atoms with Crippen LogP contribution in [-0.4, -0.2) is 48.3 Å². The highest BCUT2D eigenvalue weighted by Gasteiger charge is 2.70. The van der Waals surface area contributed by atoms with Crippen molar-refractivity contribution in [3.63, 3.8) is 0 Å². The van der Waals surface area contributed by atoms with Crippen LogP contribution in [0.4, 0.5) is 0 Å². The molecule has 6 saturated heterocycles. The molecule has 8 unspecified atom stereocenters. The Morgan fingerprint density at radius 3 is 1.42 bits per heavy atom. The minimum Gasteiger partial charge on any atom is -0.392 e. The Balaban J connectivity index is 0.000000115. The van der Waals surface area contributed by atoms with Crippen LogP contribution in [0.3, 0.4) is 0 Å². The number of carbonyl (C=O) groups excluding carboxylic acids is 4. The third kappa shape index (κ3) is 1.72. The normalized spacial score (nSPS) is 52.5. The van der Waals surface area contributed by atoms with E-state index < -0.39 is 22.8 Å². The van der Waals surface area contributed by atoms with Gasteiger partial charge in [-0.25, -0.2) is 0 Å². The minimum absolute atomic E-state index is 0.0750. The van der Waals surface area contributed by atoms with E-state index in [1.807, 2.05) is 0 Å². The van der Waals surface area contributed by atoms with Crippen molar-refractivity contribution in [3.05, 3.63) is 0 Å². The van der Waals surface area contributed by atoms with Gasteiger partial charge in [0.1, 0.15) is 22.7 Å². The number of hydrogen-bond donors (Lipinski definition) is 0. The van der Waals surface area contributed by atoms with E-state index in [-0.39, 0.29) is 48.2 Å². The van der Waals surface area contributed by atoms with Gasteiger partial charge in [0.05, 0.1) is 24.4 Å². The summed E-state index contributed by atoms with van der Waals surface area (Å²) in [5.74, 6) is -2.23. The summed E-state index contributed by atoms with van der Waals surface area (Å²) in [7, 11) is 0. The van der Waals surface area contributed by atoms with Gasteiger partial charge in [0, 0.05) is 0 Å². The van der Waals surface area contributed by atoms with Crippen LogP contribution < -0.4 is 0 Å². The maximum atomic E-state index is 11.5. The topological polar surface area (TPSA) is 105 Å². The van der Waals surface area contributed by atoms with E-state index in [1.54, 1.807) is 13.8 Å². The average molecular weight is 364 g/mol.